The minimum absolute atomic E-state index is 0.140. The largest absolute Gasteiger partial charge is 0.297 e. The Hall–Kier alpha value is -0.980. The average molecular weight is 296 g/mol. The zero-order valence-corrected chi connectivity index (χ0v) is 12.4. The molecule has 110 valence electrons. The molecule has 0 spiro atoms. The summed E-state index contributed by atoms with van der Waals surface area (Å²) in [7, 11) is -3.41. The maximum absolute atomic E-state index is 11.5. The Morgan fingerprint density at radius 1 is 1.40 bits per heavy atom. The van der Waals surface area contributed by atoms with Gasteiger partial charge in [0.1, 0.15) is 0 Å². The minimum Gasteiger partial charge on any atom is -0.297 e. The average Bonchev–Trinajstić information content (AvgIpc) is 2.42. The molecule has 0 aliphatic carbocycles. The van der Waals surface area contributed by atoms with Crippen LogP contribution >= 0.6 is 0 Å². The molecule has 0 aromatic carbocycles. The Bertz CT molecular complexity index is 553. The van der Waals surface area contributed by atoms with Crippen molar-refractivity contribution in [3.63, 3.8) is 0 Å². The van der Waals surface area contributed by atoms with E-state index >= 15 is 0 Å². The number of rotatable bonds is 4. The van der Waals surface area contributed by atoms with E-state index in [0.29, 0.717) is 5.92 Å². The SMILES string of the molecule is CS(=O)(=O)OC1C2CCN(CC2)C1Cc1cccnc1. The lowest BCUT2D eigenvalue weighted by atomic mass is 9.79. The van der Waals surface area contributed by atoms with E-state index in [4.69, 9.17) is 4.18 Å². The molecule has 1 aromatic heterocycles. The van der Waals surface area contributed by atoms with E-state index in [0.717, 1.165) is 44.2 Å². The molecule has 0 amide bonds. The Morgan fingerprint density at radius 2 is 2.15 bits per heavy atom. The molecule has 1 aromatic rings. The highest BCUT2D eigenvalue weighted by Crippen LogP contribution is 2.36. The number of hydrogen-bond acceptors (Lipinski definition) is 5. The Kier molecular flexibility index (Phi) is 3.79. The van der Waals surface area contributed by atoms with Gasteiger partial charge in [0, 0.05) is 18.4 Å². The monoisotopic (exact) mass is 296 g/mol. The van der Waals surface area contributed by atoms with Crippen molar-refractivity contribution in [1.82, 2.24) is 9.88 Å². The Morgan fingerprint density at radius 3 is 2.75 bits per heavy atom. The summed E-state index contributed by atoms with van der Waals surface area (Å²) < 4.78 is 28.4. The van der Waals surface area contributed by atoms with Gasteiger partial charge < -0.3 is 0 Å². The molecule has 4 heterocycles. The first-order valence-corrected chi connectivity index (χ1v) is 8.86. The maximum atomic E-state index is 11.5. The third-order valence-corrected chi connectivity index (χ3v) is 4.91. The second kappa shape index (κ2) is 5.42. The molecular weight excluding hydrogens is 276 g/mol. The second-order valence-corrected chi connectivity index (χ2v) is 7.37. The van der Waals surface area contributed by atoms with Crippen LogP contribution in [-0.4, -0.2) is 49.8 Å². The number of aromatic nitrogens is 1. The predicted molar refractivity (Wildman–Crippen MR) is 75.7 cm³/mol. The van der Waals surface area contributed by atoms with E-state index in [1.165, 1.54) is 0 Å². The zero-order valence-electron chi connectivity index (χ0n) is 11.6. The summed E-state index contributed by atoms with van der Waals surface area (Å²) in [4.78, 5) is 6.50. The van der Waals surface area contributed by atoms with Crippen molar-refractivity contribution in [3.8, 4) is 0 Å². The highest BCUT2D eigenvalue weighted by molar-refractivity contribution is 7.86. The molecule has 2 bridgehead atoms. The number of pyridine rings is 1. The van der Waals surface area contributed by atoms with Gasteiger partial charge in [0.25, 0.3) is 10.1 Å². The van der Waals surface area contributed by atoms with Gasteiger partial charge in [-0.15, -0.1) is 0 Å². The molecule has 5 nitrogen and oxygen atoms in total. The van der Waals surface area contributed by atoms with Crippen LogP contribution in [0.3, 0.4) is 0 Å². The molecule has 3 fully saturated rings. The van der Waals surface area contributed by atoms with Gasteiger partial charge in [0.15, 0.2) is 0 Å². The van der Waals surface area contributed by atoms with Crippen molar-refractivity contribution in [1.29, 1.82) is 0 Å². The van der Waals surface area contributed by atoms with E-state index < -0.39 is 10.1 Å². The molecule has 2 unspecified atom stereocenters. The highest BCUT2D eigenvalue weighted by atomic mass is 32.2. The summed E-state index contributed by atoms with van der Waals surface area (Å²) in [5, 5.41) is 0. The van der Waals surface area contributed by atoms with Crippen LogP contribution < -0.4 is 0 Å². The summed E-state index contributed by atoms with van der Waals surface area (Å²) in [6, 6.07) is 4.09. The first kappa shape index (κ1) is 14.0. The van der Waals surface area contributed by atoms with Crippen LogP contribution in [0.5, 0.6) is 0 Å². The standard InChI is InChI=1S/C14H20N2O3S/c1-20(17,18)19-14-12-4-7-16(8-5-12)13(14)9-11-3-2-6-15-10-11/h2-3,6,10,12-14H,4-5,7-9H2,1H3. The van der Waals surface area contributed by atoms with Crippen LogP contribution in [0.1, 0.15) is 18.4 Å². The van der Waals surface area contributed by atoms with Gasteiger partial charge >= 0.3 is 0 Å². The van der Waals surface area contributed by atoms with Crippen molar-refractivity contribution in [2.75, 3.05) is 19.3 Å². The molecule has 2 atom stereocenters. The van der Waals surface area contributed by atoms with Crippen molar-refractivity contribution in [3.05, 3.63) is 30.1 Å². The van der Waals surface area contributed by atoms with Crippen LogP contribution in [0, 0.1) is 5.92 Å². The molecule has 6 heteroatoms. The van der Waals surface area contributed by atoms with Gasteiger partial charge in [-0.05, 0) is 49.9 Å². The number of piperidine rings is 3. The molecule has 20 heavy (non-hydrogen) atoms. The van der Waals surface area contributed by atoms with Crippen LogP contribution in [0.15, 0.2) is 24.5 Å². The smallest absolute Gasteiger partial charge is 0.264 e. The molecule has 0 radical (unpaired) electrons. The maximum Gasteiger partial charge on any atom is 0.264 e. The molecule has 3 aliphatic heterocycles. The number of hydrogen-bond donors (Lipinski definition) is 0. The van der Waals surface area contributed by atoms with Gasteiger partial charge in [-0.25, -0.2) is 0 Å². The zero-order chi connectivity index (χ0) is 14.2. The summed E-state index contributed by atoms with van der Waals surface area (Å²) in [5.41, 5.74) is 1.13. The van der Waals surface area contributed by atoms with Gasteiger partial charge in [-0.3, -0.25) is 14.1 Å². The summed E-state index contributed by atoms with van der Waals surface area (Å²) in [6.07, 6.45) is 7.39. The van der Waals surface area contributed by atoms with Crippen LogP contribution in [0.4, 0.5) is 0 Å². The molecular formula is C14H20N2O3S. The van der Waals surface area contributed by atoms with Gasteiger partial charge in [-0.2, -0.15) is 8.42 Å². The van der Waals surface area contributed by atoms with Crippen LogP contribution in [0.25, 0.3) is 0 Å². The molecule has 3 aliphatic rings. The Labute approximate surface area is 120 Å². The lowest BCUT2D eigenvalue weighted by molar-refractivity contribution is -0.0546. The highest BCUT2D eigenvalue weighted by Gasteiger charge is 2.44. The van der Waals surface area contributed by atoms with E-state index in [1.54, 1.807) is 6.20 Å². The summed E-state index contributed by atoms with van der Waals surface area (Å²) in [6.45, 7) is 2.08. The normalized spacial score (nSPS) is 33.2. The molecule has 0 N–H and O–H groups in total. The molecule has 3 saturated heterocycles. The van der Waals surface area contributed by atoms with Gasteiger partial charge in [-0.1, -0.05) is 6.07 Å². The van der Waals surface area contributed by atoms with E-state index in [1.807, 2.05) is 18.3 Å². The Balaban J connectivity index is 1.81. The third kappa shape index (κ3) is 3.02. The van der Waals surface area contributed by atoms with E-state index in [-0.39, 0.29) is 12.1 Å². The summed E-state index contributed by atoms with van der Waals surface area (Å²) in [5.74, 6) is 0.358. The minimum atomic E-state index is -3.41. The van der Waals surface area contributed by atoms with E-state index in [9.17, 15) is 8.42 Å². The van der Waals surface area contributed by atoms with Gasteiger partial charge in [0.2, 0.25) is 0 Å². The molecule has 4 rings (SSSR count). The number of fused-ring (bicyclic) bond motifs is 3. The summed E-state index contributed by atoms with van der Waals surface area (Å²) >= 11 is 0. The number of nitrogens with zero attached hydrogens (tertiary/aromatic N) is 2. The van der Waals surface area contributed by atoms with E-state index in [2.05, 4.69) is 9.88 Å². The van der Waals surface area contributed by atoms with Crippen molar-refractivity contribution >= 4 is 10.1 Å². The lowest BCUT2D eigenvalue weighted by Crippen LogP contribution is -2.59. The van der Waals surface area contributed by atoms with Crippen LogP contribution in [-0.2, 0) is 20.7 Å². The second-order valence-electron chi connectivity index (χ2n) is 5.77. The molecule has 0 saturated carbocycles. The predicted octanol–water partition coefficient (Wildman–Crippen LogP) is 1.06. The quantitative estimate of drug-likeness (QED) is 0.778. The fourth-order valence-corrected chi connectivity index (χ4v) is 4.14. The fourth-order valence-electron chi connectivity index (χ4n) is 3.45. The fraction of sp³-hybridized carbons (Fsp3) is 0.643. The van der Waals surface area contributed by atoms with Crippen molar-refractivity contribution in [2.45, 2.75) is 31.4 Å². The lowest BCUT2D eigenvalue weighted by Gasteiger charge is -2.50. The first-order valence-electron chi connectivity index (χ1n) is 7.04. The van der Waals surface area contributed by atoms with Gasteiger partial charge in [0.05, 0.1) is 12.4 Å². The third-order valence-electron chi connectivity index (χ3n) is 4.34. The van der Waals surface area contributed by atoms with Crippen molar-refractivity contribution < 1.29 is 12.6 Å². The first-order chi connectivity index (χ1) is 9.53. The van der Waals surface area contributed by atoms with Crippen LogP contribution in [0.2, 0.25) is 0 Å². The van der Waals surface area contributed by atoms with Crippen molar-refractivity contribution in [2.24, 2.45) is 5.92 Å². The topological polar surface area (TPSA) is 59.5 Å².